The van der Waals surface area contributed by atoms with E-state index in [0.717, 1.165) is 41.3 Å². The van der Waals surface area contributed by atoms with Crippen molar-refractivity contribution in [3.8, 4) is 5.75 Å². The number of halogens is 1. The minimum absolute atomic E-state index is 0.0283. The van der Waals surface area contributed by atoms with E-state index < -0.39 is 0 Å². The first kappa shape index (κ1) is 22.3. The fourth-order valence-electron chi connectivity index (χ4n) is 4.44. The maximum absolute atomic E-state index is 13.1. The summed E-state index contributed by atoms with van der Waals surface area (Å²) < 4.78 is 5.59. The van der Waals surface area contributed by atoms with Gasteiger partial charge in [-0.15, -0.1) is 0 Å². The van der Waals surface area contributed by atoms with Crippen molar-refractivity contribution >= 4 is 34.8 Å². The lowest BCUT2D eigenvalue weighted by Crippen LogP contribution is -2.48. The zero-order valence-corrected chi connectivity index (χ0v) is 19.8. The summed E-state index contributed by atoms with van der Waals surface area (Å²) in [6.07, 6.45) is 0. The largest absolute Gasteiger partial charge is 0.482 e. The van der Waals surface area contributed by atoms with E-state index in [1.165, 1.54) is 0 Å². The molecule has 0 aromatic heterocycles. The molecule has 3 aromatic carbocycles. The van der Waals surface area contributed by atoms with Gasteiger partial charge in [-0.05, 0) is 60.5 Å². The summed E-state index contributed by atoms with van der Waals surface area (Å²) in [4.78, 5) is 31.4. The van der Waals surface area contributed by atoms with Crippen molar-refractivity contribution in [1.29, 1.82) is 0 Å². The molecule has 3 aromatic rings. The standard InChI is InChI=1S/C27H26ClN3O3/c1-19-5-10-24-25(15-19)34-18-26(32)31(24)17-20-6-8-21(9-7-20)27(33)30-13-11-29(12-14-30)23-4-2-3-22(28)16-23/h2-10,15-16H,11-14,17-18H2,1H3. The lowest BCUT2D eigenvalue weighted by Gasteiger charge is -2.36. The molecule has 0 aliphatic carbocycles. The van der Waals surface area contributed by atoms with Crippen LogP contribution in [0.15, 0.2) is 66.7 Å². The maximum Gasteiger partial charge on any atom is 0.265 e. The number of anilines is 2. The first-order valence-corrected chi connectivity index (χ1v) is 11.8. The monoisotopic (exact) mass is 475 g/mol. The van der Waals surface area contributed by atoms with Crippen LogP contribution in [0.3, 0.4) is 0 Å². The van der Waals surface area contributed by atoms with Crippen LogP contribution < -0.4 is 14.5 Å². The van der Waals surface area contributed by atoms with E-state index in [-0.39, 0.29) is 18.4 Å². The summed E-state index contributed by atoms with van der Waals surface area (Å²) in [6.45, 7) is 5.32. The number of carbonyl (C=O) groups is 2. The van der Waals surface area contributed by atoms with Gasteiger partial charge in [0.25, 0.3) is 11.8 Å². The number of hydrogen-bond acceptors (Lipinski definition) is 4. The van der Waals surface area contributed by atoms with E-state index in [0.29, 0.717) is 30.2 Å². The Bertz CT molecular complexity index is 1220. The number of benzene rings is 3. The van der Waals surface area contributed by atoms with Gasteiger partial charge < -0.3 is 19.4 Å². The van der Waals surface area contributed by atoms with Gasteiger partial charge in [0.1, 0.15) is 5.75 Å². The van der Waals surface area contributed by atoms with Gasteiger partial charge in [-0.2, -0.15) is 0 Å². The average Bonchev–Trinajstić information content (AvgIpc) is 2.86. The third-order valence-corrected chi connectivity index (χ3v) is 6.58. The summed E-state index contributed by atoms with van der Waals surface area (Å²) in [5, 5.41) is 0.716. The first-order chi connectivity index (χ1) is 16.5. The smallest absolute Gasteiger partial charge is 0.265 e. The highest BCUT2D eigenvalue weighted by Gasteiger charge is 2.26. The van der Waals surface area contributed by atoms with Crippen LogP contribution >= 0.6 is 11.6 Å². The Morgan fingerprint density at radius 2 is 1.74 bits per heavy atom. The average molecular weight is 476 g/mol. The van der Waals surface area contributed by atoms with Crippen LogP contribution in [0.25, 0.3) is 0 Å². The molecule has 5 rings (SSSR count). The number of aryl methyl sites for hydroxylation is 1. The molecule has 2 amide bonds. The molecule has 34 heavy (non-hydrogen) atoms. The van der Waals surface area contributed by atoms with Gasteiger partial charge in [-0.3, -0.25) is 9.59 Å². The van der Waals surface area contributed by atoms with Crippen molar-refractivity contribution in [2.45, 2.75) is 13.5 Å². The molecule has 0 radical (unpaired) electrons. The SMILES string of the molecule is Cc1ccc2c(c1)OCC(=O)N2Cc1ccc(C(=O)N2CCN(c3cccc(Cl)c3)CC2)cc1. The molecule has 0 spiro atoms. The number of carbonyl (C=O) groups excluding carboxylic acids is 2. The molecular formula is C27H26ClN3O3. The molecule has 1 saturated heterocycles. The van der Waals surface area contributed by atoms with E-state index >= 15 is 0 Å². The first-order valence-electron chi connectivity index (χ1n) is 11.4. The van der Waals surface area contributed by atoms with Gasteiger partial charge in [0, 0.05) is 42.5 Å². The molecule has 0 unspecified atom stereocenters. The number of hydrogen-bond donors (Lipinski definition) is 0. The van der Waals surface area contributed by atoms with Crippen molar-refractivity contribution in [2.24, 2.45) is 0 Å². The van der Waals surface area contributed by atoms with Crippen LogP contribution in [-0.4, -0.2) is 49.5 Å². The molecule has 0 saturated carbocycles. The van der Waals surface area contributed by atoms with Gasteiger partial charge >= 0.3 is 0 Å². The second-order valence-corrected chi connectivity index (χ2v) is 9.13. The van der Waals surface area contributed by atoms with Crippen LogP contribution in [0.1, 0.15) is 21.5 Å². The van der Waals surface area contributed by atoms with Gasteiger partial charge in [0.2, 0.25) is 0 Å². The molecule has 0 atom stereocenters. The summed E-state index contributed by atoms with van der Waals surface area (Å²) in [5.74, 6) is 0.679. The molecule has 0 bridgehead atoms. The number of fused-ring (bicyclic) bond motifs is 1. The van der Waals surface area contributed by atoms with Crippen LogP contribution in [-0.2, 0) is 11.3 Å². The lowest BCUT2D eigenvalue weighted by atomic mass is 10.1. The second-order valence-electron chi connectivity index (χ2n) is 8.70. The summed E-state index contributed by atoms with van der Waals surface area (Å²) in [7, 11) is 0. The predicted molar refractivity (Wildman–Crippen MR) is 134 cm³/mol. The number of nitrogens with zero attached hydrogens (tertiary/aromatic N) is 3. The van der Waals surface area contributed by atoms with Crippen molar-refractivity contribution in [3.05, 3.63) is 88.4 Å². The number of ether oxygens (including phenoxy) is 1. The number of piperazine rings is 1. The normalized spacial score (nSPS) is 15.7. The Kier molecular flexibility index (Phi) is 6.16. The summed E-state index contributed by atoms with van der Waals surface area (Å²) >= 11 is 6.12. The van der Waals surface area contributed by atoms with Gasteiger partial charge in [0.15, 0.2) is 6.61 Å². The Balaban J connectivity index is 1.23. The van der Waals surface area contributed by atoms with E-state index in [1.807, 2.05) is 78.6 Å². The van der Waals surface area contributed by atoms with Crippen LogP contribution in [0.5, 0.6) is 5.75 Å². The predicted octanol–water partition coefficient (Wildman–Crippen LogP) is 4.54. The minimum Gasteiger partial charge on any atom is -0.482 e. The zero-order valence-electron chi connectivity index (χ0n) is 19.0. The molecule has 1 fully saturated rings. The molecule has 0 N–H and O–H groups in total. The fraction of sp³-hybridized carbons (Fsp3) is 0.259. The van der Waals surface area contributed by atoms with Crippen LogP contribution in [0, 0.1) is 6.92 Å². The highest BCUT2D eigenvalue weighted by Crippen LogP contribution is 2.34. The van der Waals surface area contributed by atoms with E-state index in [2.05, 4.69) is 4.90 Å². The van der Waals surface area contributed by atoms with Gasteiger partial charge in [-0.25, -0.2) is 0 Å². The van der Waals surface area contributed by atoms with Gasteiger partial charge in [0.05, 0.1) is 12.2 Å². The molecule has 7 heteroatoms. The topological polar surface area (TPSA) is 53.1 Å². The Hall–Kier alpha value is -3.51. The van der Waals surface area contributed by atoms with E-state index in [1.54, 1.807) is 4.90 Å². The van der Waals surface area contributed by atoms with E-state index in [4.69, 9.17) is 16.3 Å². The highest BCUT2D eigenvalue weighted by molar-refractivity contribution is 6.30. The fourth-order valence-corrected chi connectivity index (χ4v) is 4.63. The summed E-state index contributed by atoms with van der Waals surface area (Å²) in [5.41, 5.74) is 4.57. The highest BCUT2D eigenvalue weighted by atomic mass is 35.5. The van der Waals surface area contributed by atoms with Crippen LogP contribution in [0.4, 0.5) is 11.4 Å². The molecule has 2 aliphatic rings. The van der Waals surface area contributed by atoms with E-state index in [9.17, 15) is 9.59 Å². The zero-order chi connectivity index (χ0) is 23.7. The molecule has 2 heterocycles. The minimum atomic E-state index is -0.0749. The van der Waals surface area contributed by atoms with Crippen molar-refractivity contribution in [2.75, 3.05) is 42.6 Å². The molecule has 2 aliphatic heterocycles. The lowest BCUT2D eigenvalue weighted by molar-refractivity contribution is -0.121. The quantitative estimate of drug-likeness (QED) is 0.556. The molecule has 174 valence electrons. The van der Waals surface area contributed by atoms with Crippen LogP contribution in [0.2, 0.25) is 5.02 Å². The number of amides is 2. The van der Waals surface area contributed by atoms with Crippen molar-refractivity contribution in [3.63, 3.8) is 0 Å². The Labute approximate surface area is 204 Å². The second kappa shape index (κ2) is 9.39. The van der Waals surface area contributed by atoms with Crippen molar-refractivity contribution < 1.29 is 14.3 Å². The Morgan fingerprint density at radius 1 is 0.971 bits per heavy atom. The third-order valence-electron chi connectivity index (χ3n) is 6.34. The van der Waals surface area contributed by atoms with Gasteiger partial charge in [-0.1, -0.05) is 35.9 Å². The van der Waals surface area contributed by atoms with Crippen molar-refractivity contribution in [1.82, 2.24) is 4.90 Å². The molecular weight excluding hydrogens is 450 g/mol. The maximum atomic E-state index is 13.1. The molecule has 6 nitrogen and oxygen atoms in total. The number of rotatable bonds is 4. The summed E-state index contributed by atoms with van der Waals surface area (Å²) in [6, 6.07) is 21.2. The third kappa shape index (κ3) is 4.59. The Morgan fingerprint density at radius 3 is 2.47 bits per heavy atom.